The lowest BCUT2D eigenvalue weighted by Crippen LogP contribution is -2.22. The fourth-order valence-electron chi connectivity index (χ4n) is 1.46. The second kappa shape index (κ2) is 6.18. The topological polar surface area (TPSA) is 66.8 Å². The van der Waals surface area contributed by atoms with Gasteiger partial charge in [0.05, 0.1) is 19.6 Å². The van der Waals surface area contributed by atoms with Crippen LogP contribution in [-0.4, -0.2) is 29.4 Å². The molecule has 0 aliphatic rings. The minimum absolute atomic E-state index is 0.240. The number of aliphatic hydroxyl groups excluding tert-OH is 2. The molecule has 4 heteroatoms. The van der Waals surface area contributed by atoms with Gasteiger partial charge in [-0.2, -0.15) is 0 Å². The molecule has 0 amide bonds. The molecule has 4 nitrogen and oxygen atoms in total. The van der Waals surface area contributed by atoms with Gasteiger partial charge in [0.15, 0.2) is 0 Å². The number of rotatable bonds is 5. The monoisotopic (exact) mass is 236 g/mol. The largest absolute Gasteiger partial charge is 0.469 e. The van der Waals surface area contributed by atoms with E-state index in [0.29, 0.717) is 5.56 Å². The normalized spacial score (nSPS) is 13.8. The highest BCUT2D eigenvalue weighted by atomic mass is 16.5. The van der Waals surface area contributed by atoms with Gasteiger partial charge in [-0.15, -0.1) is 0 Å². The van der Waals surface area contributed by atoms with Crippen molar-refractivity contribution in [2.75, 3.05) is 7.11 Å². The van der Waals surface area contributed by atoms with Gasteiger partial charge in [-0.05, 0) is 17.2 Å². The maximum Gasteiger partial charge on any atom is 0.308 e. The third kappa shape index (κ3) is 3.69. The predicted molar refractivity (Wildman–Crippen MR) is 64.1 cm³/mol. The summed E-state index contributed by atoms with van der Waals surface area (Å²) in [5.41, 5.74) is 1.38. The summed E-state index contributed by atoms with van der Waals surface area (Å²) in [5, 5.41) is 19.5. The van der Waals surface area contributed by atoms with Gasteiger partial charge in [0, 0.05) is 0 Å². The molecule has 2 atom stereocenters. The van der Waals surface area contributed by atoms with Gasteiger partial charge in [0.2, 0.25) is 0 Å². The SMILES string of the molecule is C=Cc1cccc(C(O)C(O)CC(=O)OC)c1. The highest BCUT2D eigenvalue weighted by molar-refractivity contribution is 5.69. The Balaban J connectivity index is 2.76. The Morgan fingerprint density at radius 1 is 1.53 bits per heavy atom. The smallest absolute Gasteiger partial charge is 0.308 e. The van der Waals surface area contributed by atoms with Gasteiger partial charge in [0.25, 0.3) is 0 Å². The van der Waals surface area contributed by atoms with Crippen molar-refractivity contribution in [3.05, 3.63) is 42.0 Å². The van der Waals surface area contributed by atoms with Gasteiger partial charge in [0.1, 0.15) is 6.10 Å². The molecule has 0 aromatic heterocycles. The second-order valence-electron chi connectivity index (χ2n) is 3.67. The van der Waals surface area contributed by atoms with Crippen molar-refractivity contribution in [3.63, 3.8) is 0 Å². The number of hydrogen-bond donors (Lipinski definition) is 2. The van der Waals surface area contributed by atoms with E-state index in [1.807, 2.05) is 6.07 Å². The molecular formula is C13H16O4. The van der Waals surface area contributed by atoms with Gasteiger partial charge in [-0.3, -0.25) is 4.79 Å². The number of carbonyl (C=O) groups excluding carboxylic acids is 1. The van der Waals surface area contributed by atoms with Crippen LogP contribution in [0.1, 0.15) is 23.7 Å². The molecule has 0 aliphatic heterocycles. The number of benzene rings is 1. The molecule has 0 fully saturated rings. The number of methoxy groups -OCH3 is 1. The zero-order valence-corrected chi connectivity index (χ0v) is 9.67. The maximum absolute atomic E-state index is 11.0. The fourth-order valence-corrected chi connectivity index (χ4v) is 1.46. The Morgan fingerprint density at radius 3 is 2.82 bits per heavy atom. The minimum Gasteiger partial charge on any atom is -0.469 e. The van der Waals surface area contributed by atoms with Crippen LogP contribution in [0.2, 0.25) is 0 Å². The van der Waals surface area contributed by atoms with E-state index in [9.17, 15) is 15.0 Å². The molecular weight excluding hydrogens is 220 g/mol. The molecule has 0 bridgehead atoms. The summed E-state index contributed by atoms with van der Waals surface area (Å²) in [4.78, 5) is 11.0. The predicted octanol–water partition coefficient (Wildman–Crippen LogP) is 1.29. The molecule has 2 unspecified atom stereocenters. The van der Waals surface area contributed by atoms with Gasteiger partial charge in [-0.25, -0.2) is 0 Å². The zero-order valence-electron chi connectivity index (χ0n) is 9.67. The van der Waals surface area contributed by atoms with Gasteiger partial charge >= 0.3 is 5.97 Å². The molecule has 2 N–H and O–H groups in total. The molecule has 17 heavy (non-hydrogen) atoms. The minimum atomic E-state index is -1.18. The molecule has 0 saturated heterocycles. The van der Waals surface area contributed by atoms with Crippen LogP contribution in [0.15, 0.2) is 30.8 Å². The number of hydrogen-bond acceptors (Lipinski definition) is 4. The lowest BCUT2D eigenvalue weighted by molar-refractivity contribution is -0.144. The number of ether oxygens (including phenoxy) is 1. The van der Waals surface area contributed by atoms with Crippen LogP contribution in [0.4, 0.5) is 0 Å². The van der Waals surface area contributed by atoms with Gasteiger partial charge < -0.3 is 14.9 Å². The Bertz CT molecular complexity index is 400. The van der Waals surface area contributed by atoms with E-state index in [1.165, 1.54) is 7.11 Å². The number of aliphatic hydroxyl groups is 2. The molecule has 0 spiro atoms. The van der Waals surface area contributed by atoms with Crippen LogP contribution in [0.5, 0.6) is 0 Å². The summed E-state index contributed by atoms with van der Waals surface area (Å²) < 4.78 is 4.43. The maximum atomic E-state index is 11.0. The van der Waals surface area contributed by atoms with Crippen molar-refractivity contribution in [2.24, 2.45) is 0 Å². The van der Waals surface area contributed by atoms with Crippen molar-refractivity contribution < 1.29 is 19.7 Å². The lowest BCUT2D eigenvalue weighted by atomic mass is 10.0. The van der Waals surface area contributed by atoms with E-state index >= 15 is 0 Å². The summed E-state index contributed by atoms with van der Waals surface area (Å²) >= 11 is 0. The van der Waals surface area contributed by atoms with Crippen molar-refractivity contribution in [3.8, 4) is 0 Å². The average Bonchev–Trinajstić information content (AvgIpc) is 2.37. The van der Waals surface area contributed by atoms with E-state index in [0.717, 1.165) is 5.56 Å². The van der Waals surface area contributed by atoms with Crippen molar-refractivity contribution in [1.29, 1.82) is 0 Å². The first-order valence-electron chi connectivity index (χ1n) is 5.23. The summed E-state index contributed by atoms with van der Waals surface area (Å²) in [6.45, 7) is 3.62. The highest BCUT2D eigenvalue weighted by Gasteiger charge is 2.21. The first-order valence-corrected chi connectivity index (χ1v) is 5.23. The molecule has 0 heterocycles. The van der Waals surface area contributed by atoms with E-state index in [-0.39, 0.29) is 6.42 Å². The molecule has 0 saturated carbocycles. The van der Waals surface area contributed by atoms with E-state index in [4.69, 9.17) is 0 Å². The standard InChI is InChI=1S/C13H16O4/c1-3-9-5-4-6-10(7-9)13(16)11(14)8-12(15)17-2/h3-7,11,13-14,16H,1,8H2,2H3. The van der Waals surface area contributed by atoms with Crippen molar-refractivity contribution in [1.82, 2.24) is 0 Å². The molecule has 92 valence electrons. The summed E-state index contributed by atoms with van der Waals surface area (Å²) in [6.07, 6.45) is -0.893. The number of carbonyl (C=O) groups is 1. The lowest BCUT2D eigenvalue weighted by Gasteiger charge is -2.17. The first kappa shape index (κ1) is 13.4. The van der Waals surface area contributed by atoms with Crippen LogP contribution in [0.25, 0.3) is 6.08 Å². The second-order valence-corrected chi connectivity index (χ2v) is 3.67. The average molecular weight is 236 g/mol. The van der Waals surface area contributed by atoms with Crippen LogP contribution in [0, 0.1) is 0 Å². The van der Waals surface area contributed by atoms with E-state index < -0.39 is 18.2 Å². The third-order valence-corrected chi connectivity index (χ3v) is 2.46. The van der Waals surface area contributed by atoms with Crippen LogP contribution >= 0.6 is 0 Å². The molecule has 1 rings (SSSR count). The fraction of sp³-hybridized carbons (Fsp3) is 0.308. The Kier molecular flexibility index (Phi) is 4.87. The first-order chi connectivity index (χ1) is 8.08. The zero-order chi connectivity index (χ0) is 12.8. The van der Waals surface area contributed by atoms with Crippen molar-refractivity contribution >= 4 is 12.0 Å². The molecule has 0 radical (unpaired) electrons. The van der Waals surface area contributed by atoms with Crippen LogP contribution < -0.4 is 0 Å². The Morgan fingerprint density at radius 2 is 2.24 bits per heavy atom. The van der Waals surface area contributed by atoms with Crippen LogP contribution in [0.3, 0.4) is 0 Å². The summed E-state index contributed by atoms with van der Waals surface area (Å²) in [7, 11) is 1.24. The number of esters is 1. The van der Waals surface area contributed by atoms with E-state index in [2.05, 4.69) is 11.3 Å². The highest BCUT2D eigenvalue weighted by Crippen LogP contribution is 2.20. The summed E-state index contributed by atoms with van der Waals surface area (Å²) in [5.74, 6) is -0.559. The molecule has 1 aromatic rings. The summed E-state index contributed by atoms with van der Waals surface area (Å²) in [6, 6.07) is 6.96. The third-order valence-electron chi connectivity index (χ3n) is 2.46. The van der Waals surface area contributed by atoms with E-state index in [1.54, 1.807) is 24.3 Å². The molecule has 1 aromatic carbocycles. The van der Waals surface area contributed by atoms with Gasteiger partial charge in [-0.1, -0.05) is 30.9 Å². The molecule has 0 aliphatic carbocycles. The quantitative estimate of drug-likeness (QED) is 0.756. The van der Waals surface area contributed by atoms with Crippen molar-refractivity contribution in [2.45, 2.75) is 18.6 Å². The van der Waals surface area contributed by atoms with Crippen LogP contribution in [-0.2, 0) is 9.53 Å². The Labute approximate surface area is 100 Å². The Hall–Kier alpha value is -1.65.